The molecule has 26 heavy (non-hydrogen) atoms. The van der Waals surface area contributed by atoms with Crippen molar-refractivity contribution in [3.63, 3.8) is 0 Å². The molecule has 3 fully saturated rings. The Kier molecular flexibility index (Phi) is 5.22. The molecule has 1 aromatic carbocycles. The second kappa shape index (κ2) is 7.76. The highest BCUT2D eigenvalue weighted by Crippen LogP contribution is 2.30. The number of ether oxygens (including phenoxy) is 1. The van der Waals surface area contributed by atoms with Crippen molar-refractivity contribution in [3.8, 4) is 0 Å². The van der Waals surface area contributed by atoms with Gasteiger partial charge in [-0.2, -0.15) is 0 Å². The van der Waals surface area contributed by atoms with Crippen LogP contribution in [0.1, 0.15) is 29.6 Å². The Bertz CT molecular complexity index is 643. The maximum absolute atomic E-state index is 12.7. The Morgan fingerprint density at radius 2 is 1.77 bits per heavy atom. The molecule has 0 bridgehead atoms. The Morgan fingerprint density at radius 1 is 1.04 bits per heavy atom. The van der Waals surface area contributed by atoms with Gasteiger partial charge in [-0.05, 0) is 49.4 Å². The van der Waals surface area contributed by atoms with Crippen LogP contribution in [0.25, 0.3) is 0 Å². The van der Waals surface area contributed by atoms with Gasteiger partial charge < -0.3 is 15.0 Å². The highest BCUT2D eigenvalue weighted by molar-refractivity contribution is 5.96. The van der Waals surface area contributed by atoms with Crippen LogP contribution in [0.15, 0.2) is 24.3 Å². The minimum atomic E-state index is 0.0777. The van der Waals surface area contributed by atoms with Gasteiger partial charge in [-0.3, -0.25) is 14.5 Å². The van der Waals surface area contributed by atoms with Crippen molar-refractivity contribution in [2.45, 2.75) is 19.3 Å². The molecule has 1 aromatic rings. The van der Waals surface area contributed by atoms with Gasteiger partial charge in [-0.15, -0.1) is 0 Å². The van der Waals surface area contributed by atoms with Crippen LogP contribution in [-0.2, 0) is 9.53 Å². The first kappa shape index (κ1) is 17.5. The van der Waals surface area contributed by atoms with Gasteiger partial charge in [0.2, 0.25) is 5.91 Å². The minimum Gasteiger partial charge on any atom is -0.381 e. The minimum absolute atomic E-state index is 0.0777. The standard InChI is InChI=1S/C20H27N3O3/c24-19(16-1-2-16)21-18-5-3-17(4-6-18)20(25)23-10-8-22(9-11-23)13-15-7-12-26-14-15/h3-6,15-16H,1-2,7-14H2,(H,21,24). The predicted octanol–water partition coefficient (Wildman–Crippen LogP) is 1.83. The molecule has 1 atom stereocenters. The van der Waals surface area contributed by atoms with Crippen molar-refractivity contribution in [1.29, 1.82) is 0 Å². The van der Waals surface area contributed by atoms with E-state index in [1.54, 1.807) is 0 Å². The van der Waals surface area contributed by atoms with Gasteiger partial charge in [-0.25, -0.2) is 0 Å². The fourth-order valence-electron chi connectivity index (χ4n) is 3.69. The summed E-state index contributed by atoms with van der Waals surface area (Å²) in [5.74, 6) is 1.00. The molecule has 4 rings (SSSR count). The van der Waals surface area contributed by atoms with E-state index in [4.69, 9.17) is 4.74 Å². The lowest BCUT2D eigenvalue weighted by Gasteiger charge is -2.35. The Labute approximate surface area is 154 Å². The van der Waals surface area contributed by atoms with Crippen LogP contribution >= 0.6 is 0 Å². The van der Waals surface area contributed by atoms with E-state index >= 15 is 0 Å². The molecule has 140 valence electrons. The van der Waals surface area contributed by atoms with E-state index in [9.17, 15) is 9.59 Å². The maximum Gasteiger partial charge on any atom is 0.253 e. The molecule has 6 nitrogen and oxygen atoms in total. The van der Waals surface area contributed by atoms with Gasteiger partial charge in [0.15, 0.2) is 0 Å². The molecule has 1 unspecified atom stereocenters. The average molecular weight is 357 g/mol. The second-order valence-corrected chi connectivity index (χ2v) is 7.66. The molecule has 2 heterocycles. The van der Waals surface area contributed by atoms with E-state index in [0.29, 0.717) is 11.5 Å². The zero-order valence-corrected chi connectivity index (χ0v) is 15.2. The lowest BCUT2D eigenvalue weighted by molar-refractivity contribution is -0.117. The molecular weight excluding hydrogens is 330 g/mol. The quantitative estimate of drug-likeness (QED) is 0.873. The summed E-state index contributed by atoms with van der Waals surface area (Å²) >= 11 is 0. The molecule has 2 aliphatic heterocycles. The van der Waals surface area contributed by atoms with Crippen LogP contribution in [0.5, 0.6) is 0 Å². The molecule has 3 aliphatic rings. The van der Waals surface area contributed by atoms with Crippen molar-refractivity contribution in [2.75, 3.05) is 51.3 Å². The van der Waals surface area contributed by atoms with E-state index in [2.05, 4.69) is 10.2 Å². The number of anilines is 1. The Balaban J connectivity index is 1.26. The third kappa shape index (κ3) is 4.24. The number of amides is 2. The fourth-order valence-corrected chi connectivity index (χ4v) is 3.69. The van der Waals surface area contributed by atoms with Crippen LogP contribution < -0.4 is 5.32 Å². The zero-order chi connectivity index (χ0) is 17.9. The van der Waals surface area contributed by atoms with Crippen LogP contribution in [0.4, 0.5) is 5.69 Å². The number of rotatable bonds is 5. The van der Waals surface area contributed by atoms with Gasteiger partial charge in [0.1, 0.15) is 0 Å². The Morgan fingerprint density at radius 3 is 2.38 bits per heavy atom. The first-order chi connectivity index (χ1) is 12.7. The number of nitrogens with one attached hydrogen (secondary N) is 1. The lowest BCUT2D eigenvalue weighted by Crippen LogP contribution is -2.49. The van der Waals surface area contributed by atoms with Crippen molar-refractivity contribution >= 4 is 17.5 Å². The third-order valence-electron chi connectivity index (χ3n) is 5.55. The van der Waals surface area contributed by atoms with Gasteiger partial charge in [0.25, 0.3) is 5.91 Å². The molecule has 1 N–H and O–H groups in total. The van der Waals surface area contributed by atoms with Crippen LogP contribution in [0.3, 0.4) is 0 Å². The number of hydrogen-bond acceptors (Lipinski definition) is 4. The molecular formula is C20H27N3O3. The van der Waals surface area contributed by atoms with Crippen LogP contribution in [-0.4, -0.2) is 67.6 Å². The van der Waals surface area contributed by atoms with Gasteiger partial charge in [0, 0.05) is 56.5 Å². The summed E-state index contributed by atoms with van der Waals surface area (Å²) in [6.45, 7) is 6.25. The largest absolute Gasteiger partial charge is 0.381 e. The van der Waals surface area contributed by atoms with E-state index in [1.807, 2.05) is 29.2 Å². The average Bonchev–Trinajstić information content (AvgIpc) is 3.40. The summed E-state index contributed by atoms with van der Waals surface area (Å²) in [6.07, 6.45) is 3.13. The summed E-state index contributed by atoms with van der Waals surface area (Å²) in [7, 11) is 0. The van der Waals surface area contributed by atoms with Crippen molar-refractivity contribution in [3.05, 3.63) is 29.8 Å². The smallest absolute Gasteiger partial charge is 0.253 e. The SMILES string of the molecule is O=C(Nc1ccc(C(=O)N2CCN(CC3CCOC3)CC2)cc1)C1CC1. The summed E-state index contributed by atoms with van der Waals surface area (Å²) in [6, 6.07) is 7.27. The van der Waals surface area contributed by atoms with Gasteiger partial charge in [-0.1, -0.05) is 0 Å². The van der Waals surface area contributed by atoms with E-state index < -0.39 is 0 Å². The molecule has 0 spiro atoms. The van der Waals surface area contributed by atoms with Gasteiger partial charge >= 0.3 is 0 Å². The number of benzene rings is 1. The first-order valence-electron chi connectivity index (χ1n) is 9.69. The van der Waals surface area contributed by atoms with E-state index in [-0.39, 0.29) is 17.7 Å². The number of piperazine rings is 1. The van der Waals surface area contributed by atoms with Crippen LogP contribution in [0, 0.1) is 11.8 Å². The zero-order valence-electron chi connectivity index (χ0n) is 15.2. The van der Waals surface area contributed by atoms with Crippen molar-refractivity contribution in [2.24, 2.45) is 11.8 Å². The normalized spacial score (nSPS) is 23.8. The fraction of sp³-hybridized carbons (Fsp3) is 0.600. The molecule has 0 aromatic heterocycles. The number of carbonyl (C=O) groups is 2. The van der Waals surface area contributed by atoms with Crippen LogP contribution in [0.2, 0.25) is 0 Å². The predicted molar refractivity (Wildman–Crippen MR) is 99.1 cm³/mol. The maximum atomic E-state index is 12.7. The monoisotopic (exact) mass is 357 g/mol. The van der Waals surface area contributed by atoms with Gasteiger partial charge in [0.05, 0.1) is 6.61 Å². The third-order valence-corrected chi connectivity index (χ3v) is 5.55. The molecule has 6 heteroatoms. The first-order valence-corrected chi connectivity index (χ1v) is 9.69. The molecule has 2 amide bonds. The molecule has 0 radical (unpaired) electrons. The summed E-state index contributed by atoms with van der Waals surface area (Å²) < 4.78 is 5.45. The van der Waals surface area contributed by atoms with E-state index in [0.717, 1.165) is 70.9 Å². The molecule has 1 saturated carbocycles. The lowest BCUT2D eigenvalue weighted by atomic mass is 10.1. The molecule has 1 aliphatic carbocycles. The second-order valence-electron chi connectivity index (χ2n) is 7.66. The topological polar surface area (TPSA) is 61.9 Å². The highest BCUT2D eigenvalue weighted by atomic mass is 16.5. The summed E-state index contributed by atoms with van der Waals surface area (Å²) in [5, 5.41) is 2.91. The van der Waals surface area contributed by atoms with Crippen molar-refractivity contribution < 1.29 is 14.3 Å². The number of carbonyl (C=O) groups excluding carboxylic acids is 2. The number of nitrogens with zero attached hydrogens (tertiary/aromatic N) is 2. The summed E-state index contributed by atoms with van der Waals surface area (Å²) in [5.41, 5.74) is 1.45. The Hall–Kier alpha value is -1.92. The number of hydrogen-bond donors (Lipinski definition) is 1. The summed E-state index contributed by atoms with van der Waals surface area (Å²) in [4.78, 5) is 28.9. The van der Waals surface area contributed by atoms with Crippen molar-refractivity contribution in [1.82, 2.24) is 9.80 Å². The highest BCUT2D eigenvalue weighted by Gasteiger charge is 2.29. The van der Waals surface area contributed by atoms with E-state index in [1.165, 1.54) is 0 Å². The molecule has 2 saturated heterocycles.